The molecule has 7 nitrogen and oxygen atoms in total. The van der Waals surface area contributed by atoms with Crippen molar-refractivity contribution in [2.75, 3.05) is 19.3 Å². The Morgan fingerprint density at radius 2 is 2.12 bits per heavy atom. The summed E-state index contributed by atoms with van der Waals surface area (Å²) in [5.41, 5.74) is 0.0231. The second-order valence-electron chi connectivity index (χ2n) is 2.57. The zero-order valence-corrected chi connectivity index (χ0v) is 12.0. The summed E-state index contributed by atoms with van der Waals surface area (Å²) >= 11 is 0. The molecule has 0 saturated heterocycles. The first kappa shape index (κ1) is 15.2. The van der Waals surface area contributed by atoms with Gasteiger partial charge in [0.1, 0.15) is 5.82 Å². The smallest absolute Gasteiger partial charge is 0.438 e. The largest absolute Gasteiger partial charge is 0.492 e. The minimum Gasteiger partial charge on any atom is -0.492 e. The van der Waals surface area contributed by atoms with E-state index in [9.17, 15) is 9.90 Å². The topological polar surface area (TPSA) is 84.8 Å². The maximum atomic E-state index is 11.2. The summed E-state index contributed by atoms with van der Waals surface area (Å²) < 4.78 is 4.44. The van der Waals surface area contributed by atoms with Crippen LogP contribution in [0.25, 0.3) is 0 Å². The summed E-state index contributed by atoms with van der Waals surface area (Å²) in [6.07, 6.45) is 0.484. The van der Waals surface area contributed by atoms with Gasteiger partial charge in [-0.3, -0.25) is 4.84 Å². The quantitative estimate of drug-likeness (QED) is 0.806. The first-order valence-electron chi connectivity index (χ1n) is 4.05. The van der Waals surface area contributed by atoms with Gasteiger partial charge in [-0.25, -0.2) is 9.78 Å². The number of hydrogen-bond acceptors (Lipinski definition) is 6. The first-order chi connectivity index (χ1) is 7.10. The number of aromatic hydroxyl groups is 1. The summed E-state index contributed by atoms with van der Waals surface area (Å²) in [5, 5.41) is 10.2. The Labute approximate surface area is 118 Å². The molecule has 0 aliphatic carbocycles. The summed E-state index contributed by atoms with van der Waals surface area (Å²) in [6.45, 7) is 1.61. The number of carbonyl (C=O) groups is 1. The second-order valence-corrected chi connectivity index (χ2v) is 2.57. The van der Waals surface area contributed by atoms with Gasteiger partial charge in [-0.05, 0) is 6.92 Å². The third-order valence-electron chi connectivity index (χ3n) is 1.61. The predicted octanol–water partition coefficient (Wildman–Crippen LogP) is 0.622. The molecule has 8 heteroatoms. The van der Waals surface area contributed by atoms with Crippen molar-refractivity contribution < 1.29 is 52.2 Å². The van der Waals surface area contributed by atoms with E-state index in [1.54, 1.807) is 6.92 Å². The van der Waals surface area contributed by atoms with Crippen molar-refractivity contribution in [1.82, 2.24) is 9.97 Å². The van der Waals surface area contributed by atoms with Crippen molar-refractivity contribution in [2.24, 2.45) is 0 Å². The van der Waals surface area contributed by atoms with Crippen LogP contribution in [0.3, 0.4) is 0 Å². The second kappa shape index (κ2) is 6.72. The van der Waals surface area contributed by atoms with Gasteiger partial charge in [-0.15, -0.1) is 5.06 Å². The Morgan fingerprint density at radius 3 is 2.56 bits per heavy atom. The van der Waals surface area contributed by atoms with Crippen LogP contribution in [0, 0.1) is 6.92 Å². The van der Waals surface area contributed by atoms with Gasteiger partial charge in [0.25, 0.3) is 0 Å². The maximum Gasteiger partial charge on any atom is 0.438 e. The summed E-state index contributed by atoms with van der Waals surface area (Å²) in [4.78, 5) is 23.4. The number of anilines is 1. The molecule has 0 fully saturated rings. The molecule has 16 heavy (non-hydrogen) atoms. The van der Waals surface area contributed by atoms with Crippen LogP contribution >= 0.6 is 0 Å². The third-order valence-corrected chi connectivity index (χ3v) is 1.61. The average Bonchev–Trinajstić information content (AvgIpc) is 2.21. The van der Waals surface area contributed by atoms with Crippen LogP contribution in [0.2, 0.25) is 0 Å². The van der Waals surface area contributed by atoms with Crippen molar-refractivity contribution in [3.63, 3.8) is 0 Å². The van der Waals surface area contributed by atoms with Crippen molar-refractivity contribution in [1.29, 1.82) is 0 Å². The summed E-state index contributed by atoms with van der Waals surface area (Å²) in [5.74, 6) is 0.0342. The summed E-state index contributed by atoms with van der Waals surface area (Å²) in [7, 11) is 2.46. The van der Waals surface area contributed by atoms with Crippen LogP contribution in [0.4, 0.5) is 10.5 Å². The molecule has 1 aromatic rings. The number of amides is 1. The molecule has 1 N–H and O–H groups in total. The third kappa shape index (κ3) is 3.36. The molecule has 0 saturated carbocycles. The van der Waals surface area contributed by atoms with E-state index in [0.717, 1.165) is 5.06 Å². The number of hydroxylamine groups is 1. The molecule has 0 bridgehead atoms. The standard InChI is InChI=1S/C8H11N3O4.Y/c1-5-9-4-6(7(12)10-5)11(15-3)8(13)14-2;/h4H,1-3H3,(H,9,10,12);. The van der Waals surface area contributed by atoms with E-state index in [0.29, 0.717) is 5.82 Å². The number of carbonyl (C=O) groups excluding carboxylic acids is 1. The number of aryl methyl sites for hydroxylation is 1. The SMILES string of the molecule is COC(=O)N(OC)c1cnc(C)nc1O.[Y]. The van der Waals surface area contributed by atoms with Crippen LogP contribution in [-0.4, -0.2) is 35.4 Å². The van der Waals surface area contributed by atoms with Crippen LogP contribution < -0.4 is 5.06 Å². The molecule has 0 aliphatic rings. The molecule has 1 heterocycles. The monoisotopic (exact) mass is 302 g/mol. The molecule has 0 atom stereocenters. The Morgan fingerprint density at radius 1 is 1.50 bits per heavy atom. The van der Waals surface area contributed by atoms with E-state index in [4.69, 9.17) is 4.84 Å². The Hall–Kier alpha value is -0.786. The number of methoxy groups -OCH3 is 1. The van der Waals surface area contributed by atoms with Crippen molar-refractivity contribution in [2.45, 2.75) is 6.92 Å². The van der Waals surface area contributed by atoms with E-state index >= 15 is 0 Å². The Bertz CT molecular complexity index is 374. The predicted molar refractivity (Wildman–Crippen MR) is 50.3 cm³/mol. The Balaban J connectivity index is 0.00000225. The first-order valence-corrected chi connectivity index (χ1v) is 4.05. The van der Waals surface area contributed by atoms with E-state index in [-0.39, 0.29) is 44.3 Å². The van der Waals surface area contributed by atoms with Gasteiger partial charge in [0.05, 0.1) is 20.4 Å². The molecular formula is C8H11N3O4Y. The molecule has 0 aromatic carbocycles. The van der Waals surface area contributed by atoms with Crippen LogP contribution in [0.1, 0.15) is 5.82 Å². The fraction of sp³-hybridized carbons (Fsp3) is 0.375. The van der Waals surface area contributed by atoms with Crippen LogP contribution in [0.15, 0.2) is 6.20 Å². The molecule has 85 valence electrons. The fourth-order valence-corrected chi connectivity index (χ4v) is 0.949. The van der Waals surface area contributed by atoms with Gasteiger partial charge in [0.2, 0.25) is 5.88 Å². The van der Waals surface area contributed by atoms with Gasteiger partial charge in [-0.2, -0.15) is 4.98 Å². The molecule has 1 radical (unpaired) electrons. The number of aromatic nitrogens is 2. The Kier molecular flexibility index (Phi) is 6.39. The van der Waals surface area contributed by atoms with E-state index in [2.05, 4.69) is 14.7 Å². The number of rotatable bonds is 2. The minimum absolute atomic E-state index is 0. The van der Waals surface area contributed by atoms with Crippen molar-refractivity contribution >= 4 is 11.8 Å². The van der Waals surface area contributed by atoms with Crippen LogP contribution in [-0.2, 0) is 42.3 Å². The summed E-state index contributed by atoms with van der Waals surface area (Å²) in [6, 6.07) is 0. The van der Waals surface area contributed by atoms with E-state index in [1.165, 1.54) is 20.4 Å². The molecule has 0 unspecified atom stereocenters. The van der Waals surface area contributed by atoms with Crippen molar-refractivity contribution in [3.05, 3.63) is 12.0 Å². The molecule has 1 amide bonds. The molecule has 1 aromatic heterocycles. The number of nitrogens with zero attached hydrogens (tertiary/aromatic N) is 3. The molecule has 0 spiro atoms. The van der Waals surface area contributed by atoms with Gasteiger partial charge in [0, 0.05) is 32.7 Å². The van der Waals surface area contributed by atoms with Gasteiger partial charge < -0.3 is 9.84 Å². The molecular weight excluding hydrogens is 291 g/mol. The molecule has 0 aliphatic heterocycles. The maximum absolute atomic E-state index is 11.2. The van der Waals surface area contributed by atoms with Gasteiger partial charge in [0.15, 0.2) is 5.69 Å². The minimum atomic E-state index is -0.778. The average molecular weight is 302 g/mol. The van der Waals surface area contributed by atoms with E-state index < -0.39 is 6.09 Å². The van der Waals surface area contributed by atoms with Gasteiger partial charge in [-0.1, -0.05) is 0 Å². The number of hydrogen-bond donors (Lipinski definition) is 1. The molecule has 1 rings (SSSR count). The zero-order chi connectivity index (χ0) is 11.4. The van der Waals surface area contributed by atoms with Crippen LogP contribution in [0.5, 0.6) is 5.88 Å². The zero-order valence-electron chi connectivity index (χ0n) is 9.17. The normalized spacial score (nSPS) is 9.19. The van der Waals surface area contributed by atoms with Gasteiger partial charge >= 0.3 is 6.09 Å². The van der Waals surface area contributed by atoms with Crippen molar-refractivity contribution in [3.8, 4) is 5.88 Å². The van der Waals surface area contributed by atoms with E-state index in [1.807, 2.05) is 0 Å². The number of ether oxygens (including phenoxy) is 1. The fourth-order valence-electron chi connectivity index (χ4n) is 0.949.